The summed E-state index contributed by atoms with van der Waals surface area (Å²) < 4.78 is 0. The lowest BCUT2D eigenvalue weighted by atomic mass is 10.0. The fourth-order valence-electron chi connectivity index (χ4n) is 4.01. The van der Waals surface area contributed by atoms with Gasteiger partial charge in [0.15, 0.2) is 0 Å². The Kier molecular flexibility index (Phi) is 5.40. The second-order valence-corrected chi connectivity index (χ2v) is 7.52. The predicted octanol–water partition coefficient (Wildman–Crippen LogP) is 2.09. The third-order valence-corrected chi connectivity index (χ3v) is 5.64. The van der Waals surface area contributed by atoms with E-state index in [1.165, 1.54) is 7.05 Å². The third-order valence-electron chi connectivity index (χ3n) is 5.64. The Balaban J connectivity index is 1.66. The SMILES string of the molecule is CN1C(=O)c2ccc(C(=O)N(Cc3ccccn3)C3CCCNCC3)cc2C1=O. The van der Waals surface area contributed by atoms with Gasteiger partial charge in [-0.1, -0.05) is 6.07 Å². The van der Waals surface area contributed by atoms with Crippen LogP contribution in [-0.4, -0.2) is 58.7 Å². The molecule has 3 amide bonds. The summed E-state index contributed by atoms with van der Waals surface area (Å²) in [7, 11) is 1.46. The summed E-state index contributed by atoms with van der Waals surface area (Å²) in [4.78, 5) is 45.3. The maximum absolute atomic E-state index is 13.5. The molecule has 7 heteroatoms. The summed E-state index contributed by atoms with van der Waals surface area (Å²) in [5.41, 5.74) is 1.89. The molecular weight excluding hydrogens is 368 g/mol. The molecule has 1 aromatic heterocycles. The molecule has 1 atom stereocenters. The molecule has 1 unspecified atom stereocenters. The summed E-state index contributed by atoms with van der Waals surface area (Å²) in [6.07, 6.45) is 4.50. The van der Waals surface area contributed by atoms with Crippen molar-refractivity contribution in [3.8, 4) is 0 Å². The maximum Gasteiger partial charge on any atom is 0.261 e. The van der Waals surface area contributed by atoms with Crippen LogP contribution in [0.3, 0.4) is 0 Å². The van der Waals surface area contributed by atoms with Crippen molar-refractivity contribution in [2.45, 2.75) is 31.8 Å². The minimum atomic E-state index is -0.366. The number of pyridine rings is 1. The van der Waals surface area contributed by atoms with Gasteiger partial charge in [-0.2, -0.15) is 0 Å². The molecule has 4 rings (SSSR count). The second-order valence-electron chi connectivity index (χ2n) is 7.52. The Hall–Kier alpha value is -3.06. The number of imide groups is 1. The minimum absolute atomic E-state index is 0.0905. The highest BCUT2D eigenvalue weighted by molar-refractivity contribution is 6.21. The van der Waals surface area contributed by atoms with Gasteiger partial charge in [0.25, 0.3) is 17.7 Å². The number of hydrogen-bond donors (Lipinski definition) is 1. The van der Waals surface area contributed by atoms with E-state index in [0.717, 1.165) is 42.9 Å². The van der Waals surface area contributed by atoms with E-state index in [1.807, 2.05) is 23.1 Å². The highest BCUT2D eigenvalue weighted by Crippen LogP contribution is 2.25. The Morgan fingerprint density at radius 1 is 1.14 bits per heavy atom. The number of nitrogens with one attached hydrogen (secondary N) is 1. The molecule has 29 heavy (non-hydrogen) atoms. The van der Waals surface area contributed by atoms with Crippen molar-refractivity contribution in [1.82, 2.24) is 20.1 Å². The number of carbonyl (C=O) groups is 3. The number of nitrogens with zero attached hydrogens (tertiary/aromatic N) is 3. The van der Waals surface area contributed by atoms with E-state index in [0.29, 0.717) is 23.2 Å². The zero-order chi connectivity index (χ0) is 20.4. The van der Waals surface area contributed by atoms with Crippen molar-refractivity contribution >= 4 is 17.7 Å². The van der Waals surface area contributed by atoms with Crippen LogP contribution in [0.5, 0.6) is 0 Å². The van der Waals surface area contributed by atoms with Crippen molar-refractivity contribution in [2.24, 2.45) is 0 Å². The molecule has 0 spiro atoms. The number of amides is 3. The number of hydrogen-bond acceptors (Lipinski definition) is 5. The maximum atomic E-state index is 13.5. The van der Waals surface area contributed by atoms with Crippen molar-refractivity contribution in [3.63, 3.8) is 0 Å². The summed E-state index contributed by atoms with van der Waals surface area (Å²) in [6.45, 7) is 2.22. The average Bonchev–Trinajstić information content (AvgIpc) is 2.96. The van der Waals surface area contributed by atoms with Gasteiger partial charge in [0.1, 0.15) is 0 Å². The first kappa shape index (κ1) is 19.3. The summed E-state index contributed by atoms with van der Waals surface area (Å²) >= 11 is 0. The lowest BCUT2D eigenvalue weighted by Crippen LogP contribution is -2.40. The zero-order valence-electron chi connectivity index (χ0n) is 16.4. The van der Waals surface area contributed by atoms with E-state index in [1.54, 1.807) is 24.4 Å². The molecule has 7 nitrogen and oxygen atoms in total. The van der Waals surface area contributed by atoms with E-state index in [-0.39, 0.29) is 23.8 Å². The molecular formula is C22H24N4O3. The first-order valence-electron chi connectivity index (χ1n) is 9.94. The van der Waals surface area contributed by atoms with Crippen LogP contribution < -0.4 is 5.32 Å². The molecule has 2 aliphatic heterocycles. The monoisotopic (exact) mass is 392 g/mol. The van der Waals surface area contributed by atoms with Crippen LogP contribution in [0, 0.1) is 0 Å². The van der Waals surface area contributed by atoms with Crippen LogP contribution in [0.4, 0.5) is 0 Å². The van der Waals surface area contributed by atoms with Gasteiger partial charge in [-0.25, -0.2) is 0 Å². The normalized spacial score (nSPS) is 19.1. The summed E-state index contributed by atoms with van der Waals surface area (Å²) in [5, 5.41) is 3.38. The van der Waals surface area contributed by atoms with Gasteiger partial charge in [-0.15, -0.1) is 0 Å². The molecule has 150 valence electrons. The Bertz CT molecular complexity index is 936. The Morgan fingerprint density at radius 2 is 1.97 bits per heavy atom. The van der Waals surface area contributed by atoms with Crippen molar-refractivity contribution < 1.29 is 14.4 Å². The molecule has 3 heterocycles. The van der Waals surface area contributed by atoms with E-state index in [2.05, 4.69) is 10.3 Å². The average molecular weight is 392 g/mol. The number of aromatic nitrogens is 1. The van der Waals surface area contributed by atoms with Gasteiger partial charge in [-0.05, 0) is 62.7 Å². The molecule has 2 aliphatic rings. The zero-order valence-corrected chi connectivity index (χ0v) is 16.4. The van der Waals surface area contributed by atoms with E-state index < -0.39 is 0 Å². The van der Waals surface area contributed by atoms with Gasteiger partial charge < -0.3 is 10.2 Å². The standard InChI is InChI=1S/C22H24N4O3/c1-25-21(28)18-8-7-15(13-19(18)22(25)29)20(27)26(14-16-5-2-3-11-24-16)17-6-4-10-23-12-9-17/h2-3,5,7-8,11,13,17,23H,4,6,9-10,12,14H2,1H3. The summed E-state index contributed by atoms with van der Waals surface area (Å²) in [6, 6.07) is 10.6. The molecule has 0 bridgehead atoms. The van der Waals surface area contributed by atoms with E-state index in [4.69, 9.17) is 0 Å². The van der Waals surface area contributed by atoms with Gasteiger partial charge in [-0.3, -0.25) is 24.3 Å². The third kappa shape index (κ3) is 3.78. The second kappa shape index (κ2) is 8.13. The van der Waals surface area contributed by atoms with Gasteiger partial charge in [0, 0.05) is 24.8 Å². The first-order valence-corrected chi connectivity index (χ1v) is 9.94. The Labute approximate surface area is 169 Å². The fourth-order valence-corrected chi connectivity index (χ4v) is 4.01. The van der Waals surface area contributed by atoms with Crippen LogP contribution >= 0.6 is 0 Å². The van der Waals surface area contributed by atoms with Crippen molar-refractivity contribution in [2.75, 3.05) is 20.1 Å². The number of fused-ring (bicyclic) bond motifs is 1. The van der Waals surface area contributed by atoms with Gasteiger partial charge in [0.05, 0.1) is 23.4 Å². The Morgan fingerprint density at radius 3 is 2.76 bits per heavy atom. The quantitative estimate of drug-likeness (QED) is 0.806. The topological polar surface area (TPSA) is 82.6 Å². The summed E-state index contributed by atoms with van der Waals surface area (Å²) in [5.74, 6) is -0.834. The number of carbonyl (C=O) groups excluding carboxylic acids is 3. The first-order chi connectivity index (χ1) is 14.1. The van der Waals surface area contributed by atoms with E-state index >= 15 is 0 Å². The number of rotatable bonds is 4. The lowest BCUT2D eigenvalue weighted by molar-refractivity contribution is 0.0641. The van der Waals surface area contributed by atoms with Crippen LogP contribution in [0.2, 0.25) is 0 Å². The molecule has 0 radical (unpaired) electrons. The fraction of sp³-hybridized carbons (Fsp3) is 0.364. The van der Waals surface area contributed by atoms with E-state index in [9.17, 15) is 14.4 Å². The smallest absolute Gasteiger partial charge is 0.261 e. The van der Waals surface area contributed by atoms with Crippen molar-refractivity contribution in [3.05, 3.63) is 65.0 Å². The molecule has 1 fully saturated rings. The van der Waals surface area contributed by atoms with Crippen LogP contribution in [-0.2, 0) is 6.54 Å². The molecule has 1 saturated heterocycles. The minimum Gasteiger partial charge on any atom is -0.330 e. The molecule has 1 aromatic carbocycles. The van der Waals surface area contributed by atoms with Crippen LogP contribution in [0.15, 0.2) is 42.6 Å². The van der Waals surface area contributed by atoms with Crippen LogP contribution in [0.25, 0.3) is 0 Å². The van der Waals surface area contributed by atoms with Crippen molar-refractivity contribution in [1.29, 1.82) is 0 Å². The largest absolute Gasteiger partial charge is 0.330 e. The predicted molar refractivity (Wildman–Crippen MR) is 107 cm³/mol. The van der Waals surface area contributed by atoms with Gasteiger partial charge >= 0.3 is 0 Å². The van der Waals surface area contributed by atoms with Gasteiger partial charge in [0.2, 0.25) is 0 Å². The number of benzene rings is 1. The molecule has 0 aliphatic carbocycles. The molecule has 1 N–H and O–H groups in total. The molecule has 0 saturated carbocycles. The lowest BCUT2D eigenvalue weighted by Gasteiger charge is -2.31. The molecule has 2 aromatic rings. The van der Waals surface area contributed by atoms with Crippen LogP contribution in [0.1, 0.15) is 56.0 Å². The highest BCUT2D eigenvalue weighted by atomic mass is 16.2. The highest BCUT2D eigenvalue weighted by Gasteiger charge is 2.34.